The summed E-state index contributed by atoms with van der Waals surface area (Å²) in [5, 5.41) is 0. The minimum Gasteiger partial charge on any atom is -0.203 e. The van der Waals surface area contributed by atoms with E-state index in [-0.39, 0.29) is 0 Å². The Morgan fingerprint density at radius 3 is 2.00 bits per heavy atom. The molecule has 0 atom stereocenters. The average molecular weight is 332 g/mol. The molecule has 0 bridgehead atoms. The molecule has 2 saturated carbocycles. The van der Waals surface area contributed by atoms with Gasteiger partial charge in [0.05, 0.1) is 0 Å². The third kappa shape index (κ3) is 3.58. The minimum absolute atomic E-state index is 0.306. The first kappa shape index (κ1) is 17.6. The summed E-state index contributed by atoms with van der Waals surface area (Å²) in [4.78, 5) is 0. The molecular weight excluding hydrogens is 302 g/mol. The van der Waals surface area contributed by atoms with Crippen molar-refractivity contribution < 1.29 is 8.78 Å². The quantitative estimate of drug-likeness (QED) is 0.563. The van der Waals surface area contributed by atoms with Crippen molar-refractivity contribution >= 4 is 5.57 Å². The molecule has 0 heterocycles. The number of rotatable bonds is 3. The van der Waals surface area contributed by atoms with E-state index in [1.165, 1.54) is 38.5 Å². The zero-order chi connectivity index (χ0) is 17.3. The van der Waals surface area contributed by atoms with Crippen molar-refractivity contribution in [3.05, 3.63) is 41.5 Å². The van der Waals surface area contributed by atoms with E-state index in [1.54, 1.807) is 19.1 Å². The van der Waals surface area contributed by atoms with Gasteiger partial charge < -0.3 is 0 Å². The number of hydrogen-bond acceptors (Lipinski definition) is 0. The lowest BCUT2D eigenvalue weighted by Crippen LogP contribution is -2.25. The van der Waals surface area contributed by atoms with E-state index in [2.05, 4.69) is 13.5 Å². The highest BCUT2D eigenvalue weighted by Crippen LogP contribution is 2.44. The van der Waals surface area contributed by atoms with Gasteiger partial charge in [-0.2, -0.15) is 0 Å². The molecule has 0 unspecified atom stereocenters. The van der Waals surface area contributed by atoms with Crippen molar-refractivity contribution in [3.8, 4) is 0 Å². The molecule has 24 heavy (non-hydrogen) atoms. The fourth-order valence-electron chi connectivity index (χ4n) is 4.81. The molecular formula is C22H30F2. The topological polar surface area (TPSA) is 0 Å². The molecule has 0 saturated heterocycles. The van der Waals surface area contributed by atoms with Crippen LogP contribution in [0.1, 0.15) is 69.4 Å². The molecule has 3 rings (SSSR count). The summed E-state index contributed by atoms with van der Waals surface area (Å²) < 4.78 is 28.1. The van der Waals surface area contributed by atoms with Crippen LogP contribution in [0.15, 0.2) is 18.7 Å². The van der Waals surface area contributed by atoms with Crippen molar-refractivity contribution in [1.29, 1.82) is 0 Å². The van der Waals surface area contributed by atoms with Crippen LogP contribution in [-0.2, 0) is 0 Å². The van der Waals surface area contributed by atoms with E-state index in [1.807, 2.05) is 0 Å². The molecule has 0 spiro atoms. The van der Waals surface area contributed by atoms with Crippen LogP contribution < -0.4 is 0 Å². The maximum absolute atomic E-state index is 14.2. The Kier molecular flexibility index (Phi) is 5.42. The second-order valence-electron chi connectivity index (χ2n) is 8.21. The van der Waals surface area contributed by atoms with Gasteiger partial charge >= 0.3 is 0 Å². The van der Waals surface area contributed by atoms with Crippen LogP contribution in [0, 0.1) is 42.2 Å². The molecule has 0 nitrogen and oxygen atoms in total. The van der Waals surface area contributed by atoms with Gasteiger partial charge in [0.1, 0.15) is 0 Å². The number of halogens is 2. The monoisotopic (exact) mass is 332 g/mol. The fourth-order valence-corrected chi connectivity index (χ4v) is 4.81. The third-order valence-electron chi connectivity index (χ3n) is 6.61. The van der Waals surface area contributed by atoms with Crippen molar-refractivity contribution in [2.24, 2.45) is 23.7 Å². The molecule has 0 aromatic heterocycles. The van der Waals surface area contributed by atoms with Gasteiger partial charge in [0.25, 0.3) is 0 Å². The van der Waals surface area contributed by atoms with E-state index in [0.29, 0.717) is 17.0 Å². The Labute approximate surface area is 145 Å². The summed E-state index contributed by atoms with van der Waals surface area (Å²) >= 11 is 0. The van der Waals surface area contributed by atoms with Crippen LogP contribution in [0.2, 0.25) is 0 Å². The Bertz CT molecular complexity index is 588. The molecule has 2 aliphatic rings. The largest absolute Gasteiger partial charge is 0.203 e. The fraction of sp³-hybridized carbons (Fsp3) is 0.636. The molecule has 1 aromatic carbocycles. The summed E-state index contributed by atoms with van der Waals surface area (Å²) in [6.45, 7) is 8.09. The number of benzene rings is 1. The molecule has 0 N–H and O–H groups in total. The zero-order valence-corrected chi connectivity index (χ0v) is 15.1. The molecule has 2 fully saturated rings. The molecule has 2 heteroatoms. The van der Waals surface area contributed by atoms with E-state index in [4.69, 9.17) is 0 Å². The number of hydrogen-bond donors (Lipinski definition) is 0. The highest BCUT2D eigenvalue weighted by atomic mass is 19.2. The molecule has 1 aromatic rings. The maximum Gasteiger partial charge on any atom is 0.166 e. The highest BCUT2D eigenvalue weighted by Gasteiger charge is 2.31. The smallest absolute Gasteiger partial charge is 0.166 e. The summed E-state index contributed by atoms with van der Waals surface area (Å²) in [6.07, 6.45) is 10.1. The van der Waals surface area contributed by atoms with E-state index in [9.17, 15) is 8.78 Å². The van der Waals surface area contributed by atoms with Gasteiger partial charge in [0.2, 0.25) is 0 Å². The van der Waals surface area contributed by atoms with Crippen LogP contribution in [0.4, 0.5) is 8.78 Å². The lowest BCUT2D eigenvalue weighted by molar-refractivity contribution is 0.162. The Balaban J connectivity index is 1.60. The van der Waals surface area contributed by atoms with Gasteiger partial charge in [0, 0.05) is 5.56 Å². The zero-order valence-electron chi connectivity index (χ0n) is 15.1. The van der Waals surface area contributed by atoms with Gasteiger partial charge in [-0.15, -0.1) is 0 Å². The highest BCUT2D eigenvalue weighted by molar-refractivity contribution is 5.66. The van der Waals surface area contributed by atoms with Crippen molar-refractivity contribution in [1.82, 2.24) is 0 Å². The first-order valence-corrected chi connectivity index (χ1v) is 9.61. The lowest BCUT2D eigenvalue weighted by atomic mass is 9.68. The van der Waals surface area contributed by atoms with E-state index >= 15 is 0 Å². The number of allylic oxidation sites excluding steroid dienone is 1. The summed E-state index contributed by atoms with van der Waals surface area (Å²) in [7, 11) is 0. The Morgan fingerprint density at radius 1 is 0.875 bits per heavy atom. The second-order valence-corrected chi connectivity index (χ2v) is 8.21. The normalized spacial score (nSPS) is 31.0. The van der Waals surface area contributed by atoms with Crippen LogP contribution in [0.25, 0.3) is 5.57 Å². The van der Waals surface area contributed by atoms with Gasteiger partial charge in [-0.25, -0.2) is 8.78 Å². The Morgan fingerprint density at radius 2 is 1.42 bits per heavy atom. The third-order valence-corrected chi connectivity index (χ3v) is 6.61. The summed E-state index contributed by atoms with van der Waals surface area (Å²) in [5.74, 6) is 1.49. The van der Waals surface area contributed by atoms with E-state index < -0.39 is 11.6 Å². The predicted molar refractivity (Wildman–Crippen MR) is 96.7 cm³/mol. The van der Waals surface area contributed by atoms with Crippen LogP contribution >= 0.6 is 0 Å². The second kappa shape index (κ2) is 7.37. The summed E-state index contributed by atoms with van der Waals surface area (Å²) in [5.41, 5.74) is 1.54. The molecule has 0 amide bonds. The van der Waals surface area contributed by atoms with Crippen molar-refractivity contribution in [2.45, 2.75) is 65.2 Å². The molecule has 0 radical (unpaired) electrons. The van der Waals surface area contributed by atoms with Crippen LogP contribution in [0.3, 0.4) is 0 Å². The number of aryl methyl sites for hydroxylation is 1. The van der Waals surface area contributed by atoms with Crippen LogP contribution in [-0.4, -0.2) is 0 Å². The van der Waals surface area contributed by atoms with Gasteiger partial charge in [0.15, 0.2) is 11.6 Å². The maximum atomic E-state index is 14.2. The van der Waals surface area contributed by atoms with Crippen LogP contribution in [0.5, 0.6) is 0 Å². The first-order valence-electron chi connectivity index (χ1n) is 9.61. The van der Waals surface area contributed by atoms with Gasteiger partial charge in [-0.1, -0.05) is 38.5 Å². The standard InChI is InChI=1S/C22H30F2/c1-14-4-7-18(8-5-14)19-11-9-17(10-12-19)16(3)20-13-6-15(2)21(23)22(20)24/h6,13-14,17-19H,3-5,7-12H2,1-2H3. The summed E-state index contributed by atoms with van der Waals surface area (Å²) in [6, 6.07) is 3.36. The predicted octanol–water partition coefficient (Wildman–Crippen LogP) is 6.92. The molecule has 2 aliphatic carbocycles. The van der Waals surface area contributed by atoms with E-state index in [0.717, 1.165) is 36.2 Å². The lowest BCUT2D eigenvalue weighted by Gasteiger charge is -2.37. The minimum atomic E-state index is -0.723. The first-order chi connectivity index (χ1) is 11.5. The average Bonchev–Trinajstić information content (AvgIpc) is 2.60. The molecule has 132 valence electrons. The van der Waals surface area contributed by atoms with Crippen molar-refractivity contribution in [2.75, 3.05) is 0 Å². The Hall–Kier alpha value is -1.18. The van der Waals surface area contributed by atoms with Gasteiger partial charge in [-0.05, 0) is 80.3 Å². The van der Waals surface area contributed by atoms with Crippen molar-refractivity contribution in [3.63, 3.8) is 0 Å². The SMILES string of the molecule is C=C(c1ccc(C)c(F)c1F)C1CCC(C2CCC(C)CC2)CC1. The molecule has 0 aliphatic heterocycles. The van der Waals surface area contributed by atoms with Gasteiger partial charge in [-0.3, -0.25) is 0 Å².